The molecule has 0 aromatic heterocycles. The van der Waals surface area contributed by atoms with Crippen molar-refractivity contribution in [3.05, 3.63) is 70.8 Å². The quantitative estimate of drug-likeness (QED) is 0.476. The second-order valence-corrected chi connectivity index (χ2v) is 10.2. The molecule has 6 unspecified atom stereocenters. The first kappa shape index (κ1) is 21.4. The highest BCUT2D eigenvalue weighted by molar-refractivity contribution is 6.31. The van der Waals surface area contributed by atoms with Crippen molar-refractivity contribution in [3.63, 3.8) is 0 Å². The molecule has 6 nitrogen and oxygen atoms in total. The number of allylic oxidation sites excluding steroid dienone is 2. The van der Waals surface area contributed by atoms with E-state index in [-0.39, 0.29) is 48.1 Å². The Kier molecular flexibility index (Phi) is 4.85. The van der Waals surface area contributed by atoms with E-state index in [0.29, 0.717) is 33.9 Å². The second kappa shape index (κ2) is 7.70. The van der Waals surface area contributed by atoms with Gasteiger partial charge in [0.1, 0.15) is 12.4 Å². The number of carbonyl (C=O) groups excluding carboxylic acids is 3. The summed E-state index contributed by atoms with van der Waals surface area (Å²) in [5.41, 5.74) is 1.80. The fraction of sp³-hybridized carbons (Fsp3) is 0.370. The Labute approximate surface area is 203 Å². The van der Waals surface area contributed by atoms with Crippen LogP contribution in [0.4, 0.5) is 5.69 Å². The molecule has 2 bridgehead atoms. The number of anilines is 1. The standard InChI is InChI=1S/C27H25ClN2O4/c1-14-6-7-16(11-22(14)28)29(25(31)15-4-3-5-17(10-15)34-2)13-30-26(32)23-18-8-9-19(21-12-20(18)21)24(23)27(30)33/h3-11,18-21,23-24H,12-13H2,1-2H3. The maximum Gasteiger partial charge on any atom is 0.259 e. The van der Waals surface area contributed by atoms with E-state index < -0.39 is 0 Å². The Morgan fingerprint density at radius 1 is 1.06 bits per heavy atom. The minimum absolute atomic E-state index is 0.137. The SMILES string of the molecule is COc1cccc(C(=O)N(CN2C(=O)C3C4C=CC(C5CC45)C3C2=O)c2ccc(C)c(Cl)c2)c1. The van der Waals surface area contributed by atoms with Gasteiger partial charge < -0.3 is 4.74 Å². The van der Waals surface area contributed by atoms with Crippen LogP contribution >= 0.6 is 11.6 Å². The molecule has 34 heavy (non-hydrogen) atoms. The monoisotopic (exact) mass is 476 g/mol. The van der Waals surface area contributed by atoms with E-state index in [2.05, 4.69) is 12.2 Å². The molecule has 7 heteroatoms. The summed E-state index contributed by atoms with van der Waals surface area (Å²) >= 11 is 6.38. The molecule has 7 rings (SSSR count). The fourth-order valence-electron chi connectivity index (χ4n) is 6.22. The lowest BCUT2D eigenvalue weighted by molar-refractivity contribution is -0.140. The van der Waals surface area contributed by atoms with E-state index >= 15 is 0 Å². The molecule has 1 saturated heterocycles. The molecule has 2 saturated carbocycles. The van der Waals surface area contributed by atoms with E-state index in [1.165, 1.54) is 16.9 Å². The molecule has 0 radical (unpaired) electrons. The Balaban J connectivity index is 1.36. The number of methoxy groups -OCH3 is 1. The van der Waals surface area contributed by atoms with E-state index in [4.69, 9.17) is 16.3 Å². The molecule has 2 aromatic rings. The third-order valence-corrected chi connectivity index (χ3v) is 8.47. The van der Waals surface area contributed by atoms with Crippen molar-refractivity contribution >= 4 is 35.0 Å². The third-order valence-electron chi connectivity index (χ3n) is 8.07. The predicted octanol–water partition coefficient (Wildman–Crippen LogP) is 4.31. The molecule has 174 valence electrons. The average Bonchev–Trinajstić information content (AvgIpc) is 3.64. The van der Waals surface area contributed by atoms with Crippen LogP contribution in [0, 0.1) is 42.4 Å². The second-order valence-electron chi connectivity index (χ2n) is 9.80. The number of benzene rings is 2. The fourth-order valence-corrected chi connectivity index (χ4v) is 6.40. The lowest BCUT2D eigenvalue weighted by atomic mass is 9.63. The summed E-state index contributed by atoms with van der Waals surface area (Å²) in [5, 5.41) is 0.510. The van der Waals surface area contributed by atoms with Crippen molar-refractivity contribution in [2.75, 3.05) is 18.7 Å². The molecule has 6 atom stereocenters. The summed E-state index contributed by atoms with van der Waals surface area (Å²) in [6.45, 7) is 1.74. The molecular formula is C27H25ClN2O4. The zero-order chi connectivity index (χ0) is 23.7. The summed E-state index contributed by atoms with van der Waals surface area (Å²) in [5.74, 6) is 0.602. The molecular weight excluding hydrogens is 452 g/mol. The molecule has 1 aliphatic heterocycles. The number of ether oxygens (including phenoxy) is 1. The molecule has 5 aliphatic rings. The summed E-state index contributed by atoms with van der Waals surface area (Å²) in [7, 11) is 1.54. The number of amides is 3. The summed E-state index contributed by atoms with van der Waals surface area (Å²) in [6, 6.07) is 12.2. The average molecular weight is 477 g/mol. The van der Waals surface area contributed by atoms with Gasteiger partial charge in [0.25, 0.3) is 5.91 Å². The number of halogens is 1. The molecule has 3 amide bonds. The summed E-state index contributed by atoms with van der Waals surface area (Å²) in [4.78, 5) is 43.5. The number of nitrogens with zero attached hydrogens (tertiary/aromatic N) is 2. The van der Waals surface area contributed by atoms with E-state index in [9.17, 15) is 14.4 Å². The van der Waals surface area contributed by atoms with Crippen LogP contribution in [0.15, 0.2) is 54.6 Å². The Bertz CT molecular complexity index is 1220. The van der Waals surface area contributed by atoms with Crippen LogP contribution in [0.5, 0.6) is 5.75 Å². The minimum Gasteiger partial charge on any atom is -0.497 e. The van der Waals surface area contributed by atoms with Crippen molar-refractivity contribution in [1.82, 2.24) is 4.90 Å². The Morgan fingerprint density at radius 3 is 2.35 bits per heavy atom. The number of imide groups is 1. The van der Waals surface area contributed by atoms with Crippen LogP contribution in [0.1, 0.15) is 22.3 Å². The van der Waals surface area contributed by atoms with Gasteiger partial charge in [-0.1, -0.05) is 35.9 Å². The van der Waals surface area contributed by atoms with Crippen LogP contribution < -0.4 is 9.64 Å². The molecule has 0 spiro atoms. The van der Waals surface area contributed by atoms with Crippen molar-refractivity contribution in [1.29, 1.82) is 0 Å². The molecule has 4 aliphatic carbocycles. The predicted molar refractivity (Wildman–Crippen MR) is 127 cm³/mol. The topological polar surface area (TPSA) is 66.9 Å². The zero-order valence-electron chi connectivity index (χ0n) is 19.0. The smallest absolute Gasteiger partial charge is 0.259 e. The normalized spacial score (nSPS) is 30.3. The van der Waals surface area contributed by atoms with Gasteiger partial charge in [-0.05, 0) is 72.9 Å². The maximum atomic E-state index is 13.7. The number of carbonyl (C=O) groups is 3. The lowest BCUT2D eigenvalue weighted by Gasteiger charge is -2.37. The lowest BCUT2D eigenvalue weighted by Crippen LogP contribution is -2.45. The molecule has 0 N–H and O–H groups in total. The first-order chi connectivity index (χ1) is 16.4. The van der Waals surface area contributed by atoms with Crippen molar-refractivity contribution in [3.8, 4) is 5.75 Å². The summed E-state index contributed by atoms with van der Waals surface area (Å²) in [6.07, 6.45) is 5.40. The highest BCUT2D eigenvalue weighted by atomic mass is 35.5. The van der Waals surface area contributed by atoms with Gasteiger partial charge in [-0.2, -0.15) is 0 Å². The number of hydrogen-bond donors (Lipinski definition) is 0. The Hall–Kier alpha value is -3.12. The molecule has 1 heterocycles. The first-order valence-electron chi connectivity index (χ1n) is 11.6. The summed E-state index contributed by atoms with van der Waals surface area (Å²) < 4.78 is 5.28. The van der Waals surface area contributed by atoms with E-state index in [0.717, 1.165) is 12.0 Å². The van der Waals surface area contributed by atoms with Crippen LogP contribution in [0.2, 0.25) is 5.02 Å². The highest BCUT2D eigenvalue weighted by Crippen LogP contribution is 2.65. The zero-order valence-corrected chi connectivity index (χ0v) is 19.7. The van der Waals surface area contributed by atoms with Gasteiger partial charge in [-0.25, -0.2) is 0 Å². The van der Waals surface area contributed by atoms with Gasteiger partial charge in [0.2, 0.25) is 11.8 Å². The number of aryl methyl sites for hydroxylation is 1. The first-order valence-corrected chi connectivity index (χ1v) is 12.0. The van der Waals surface area contributed by atoms with Crippen LogP contribution in [0.3, 0.4) is 0 Å². The van der Waals surface area contributed by atoms with Crippen molar-refractivity contribution in [2.24, 2.45) is 35.5 Å². The van der Waals surface area contributed by atoms with Gasteiger partial charge in [-0.15, -0.1) is 0 Å². The van der Waals surface area contributed by atoms with Crippen molar-refractivity contribution in [2.45, 2.75) is 13.3 Å². The molecule has 2 aromatic carbocycles. The van der Waals surface area contributed by atoms with E-state index in [1.54, 1.807) is 36.4 Å². The number of hydrogen-bond acceptors (Lipinski definition) is 4. The minimum atomic E-state index is -0.335. The van der Waals surface area contributed by atoms with Gasteiger partial charge in [0.05, 0.1) is 18.9 Å². The highest BCUT2D eigenvalue weighted by Gasteiger charge is 2.67. The third kappa shape index (κ3) is 3.12. The van der Waals surface area contributed by atoms with Crippen LogP contribution in [-0.4, -0.2) is 36.4 Å². The van der Waals surface area contributed by atoms with Gasteiger partial charge in [0, 0.05) is 16.3 Å². The Morgan fingerprint density at radius 2 is 1.74 bits per heavy atom. The van der Waals surface area contributed by atoms with Crippen molar-refractivity contribution < 1.29 is 19.1 Å². The molecule has 3 fully saturated rings. The van der Waals surface area contributed by atoms with Crippen LogP contribution in [0.25, 0.3) is 0 Å². The largest absolute Gasteiger partial charge is 0.497 e. The van der Waals surface area contributed by atoms with Gasteiger partial charge >= 0.3 is 0 Å². The maximum absolute atomic E-state index is 13.7. The van der Waals surface area contributed by atoms with E-state index in [1.807, 2.05) is 13.0 Å². The van der Waals surface area contributed by atoms with Gasteiger partial charge in [0.15, 0.2) is 0 Å². The van der Waals surface area contributed by atoms with Crippen LogP contribution in [-0.2, 0) is 9.59 Å². The number of rotatable bonds is 5. The van der Waals surface area contributed by atoms with Gasteiger partial charge in [-0.3, -0.25) is 24.2 Å². The number of likely N-dealkylation sites (tertiary alicyclic amines) is 1.